The highest BCUT2D eigenvalue weighted by Crippen LogP contribution is 2.29. The maximum atomic E-state index is 6.37. The number of nitrogens with zero attached hydrogens (tertiary/aromatic N) is 6. The van der Waals surface area contributed by atoms with Gasteiger partial charge in [-0.25, -0.2) is 4.98 Å². The Bertz CT molecular complexity index is 1150. The van der Waals surface area contributed by atoms with Gasteiger partial charge in [0.2, 0.25) is 5.82 Å². The summed E-state index contributed by atoms with van der Waals surface area (Å²) in [6, 6.07) is 9.74. The lowest BCUT2D eigenvalue weighted by Crippen LogP contribution is -1.91. The molecule has 3 heterocycles. The summed E-state index contributed by atoms with van der Waals surface area (Å²) < 4.78 is 5.08. The number of pyridine rings is 1. The fourth-order valence-corrected chi connectivity index (χ4v) is 2.63. The van der Waals surface area contributed by atoms with Crippen LogP contribution in [0.15, 0.2) is 30.3 Å². The van der Waals surface area contributed by atoms with Crippen LogP contribution in [0.25, 0.3) is 22.4 Å². The quantitative estimate of drug-likeness (QED) is 0.547. The van der Waals surface area contributed by atoms with Crippen LogP contribution < -0.4 is 4.74 Å². The third-order valence-electron chi connectivity index (χ3n) is 3.58. The van der Waals surface area contributed by atoms with E-state index < -0.39 is 0 Å². The predicted molar refractivity (Wildman–Crippen MR) is 95.7 cm³/mol. The minimum atomic E-state index is 0.374. The van der Waals surface area contributed by atoms with Gasteiger partial charge in [-0.3, -0.25) is 0 Å². The van der Waals surface area contributed by atoms with E-state index in [2.05, 4.69) is 42.2 Å². The van der Waals surface area contributed by atoms with Gasteiger partial charge >= 0.3 is 0 Å². The zero-order valence-electron chi connectivity index (χ0n) is 13.9. The van der Waals surface area contributed by atoms with Gasteiger partial charge in [0.25, 0.3) is 6.01 Å². The molecule has 3 aromatic heterocycles. The first-order chi connectivity index (χ1) is 12.6. The largest absolute Gasteiger partial charge is 0.468 e. The van der Waals surface area contributed by atoms with E-state index in [4.69, 9.17) is 16.3 Å². The number of H-pyrrole nitrogens is 1. The van der Waals surface area contributed by atoms with Crippen molar-refractivity contribution >= 4 is 22.8 Å². The molecule has 1 N–H and O–H groups in total. The summed E-state index contributed by atoms with van der Waals surface area (Å²) in [6.45, 7) is 0. The number of aryl methyl sites for hydroxylation is 1. The van der Waals surface area contributed by atoms with Gasteiger partial charge in [0, 0.05) is 11.1 Å². The number of halogens is 1. The Morgan fingerprint density at radius 2 is 1.96 bits per heavy atom. The second-order valence-corrected chi connectivity index (χ2v) is 5.77. The lowest BCUT2D eigenvalue weighted by atomic mass is 10.1. The van der Waals surface area contributed by atoms with Gasteiger partial charge in [0.05, 0.1) is 30.4 Å². The van der Waals surface area contributed by atoms with Gasteiger partial charge in [-0.15, -0.1) is 5.10 Å². The van der Waals surface area contributed by atoms with Crippen LogP contribution in [0.4, 0.5) is 0 Å². The molecule has 26 heavy (non-hydrogen) atoms. The number of fused-ring (bicyclic) bond motifs is 1. The summed E-state index contributed by atoms with van der Waals surface area (Å²) in [4.78, 5) is 13.1. The van der Waals surface area contributed by atoms with E-state index in [9.17, 15) is 0 Å². The Hall–Kier alpha value is -3.44. The number of tetrazole rings is 1. The number of rotatable bonds is 2. The first kappa shape index (κ1) is 16.1. The van der Waals surface area contributed by atoms with E-state index in [-0.39, 0.29) is 0 Å². The van der Waals surface area contributed by atoms with Gasteiger partial charge in [-0.2, -0.15) is 9.78 Å². The van der Waals surface area contributed by atoms with Crippen molar-refractivity contribution in [1.82, 2.24) is 35.2 Å². The van der Waals surface area contributed by atoms with Crippen LogP contribution in [0.3, 0.4) is 0 Å². The molecule has 0 aliphatic carbocycles. The molecular weight excluding hydrogens is 354 g/mol. The molecule has 0 aliphatic heterocycles. The summed E-state index contributed by atoms with van der Waals surface area (Å²) in [7, 11) is 3.23. The molecule has 0 bridgehead atoms. The van der Waals surface area contributed by atoms with Gasteiger partial charge < -0.3 is 9.72 Å². The summed E-state index contributed by atoms with van der Waals surface area (Å²) >= 11 is 6.37. The van der Waals surface area contributed by atoms with Crippen LogP contribution >= 0.6 is 11.6 Å². The van der Waals surface area contributed by atoms with Crippen molar-refractivity contribution in [3.05, 3.63) is 46.7 Å². The standard InChI is InChI=1S/C17H12ClN7O/c1-25-23-14(22-24-25)8-5-10-3-6-11(7-4-10)15-12(18)9-13-16(20-15)21-17(19-13)26-2/h3-4,6-7,9H,1-2H3,(H,19,20,21). The van der Waals surface area contributed by atoms with Crippen molar-refractivity contribution < 1.29 is 4.74 Å². The number of nitrogens with one attached hydrogen (secondary N) is 1. The number of aromatic nitrogens is 7. The van der Waals surface area contributed by atoms with Crippen molar-refractivity contribution in [2.24, 2.45) is 7.05 Å². The maximum absolute atomic E-state index is 6.37. The van der Waals surface area contributed by atoms with Gasteiger partial charge in [-0.05, 0) is 29.3 Å². The minimum Gasteiger partial charge on any atom is -0.468 e. The summed E-state index contributed by atoms with van der Waals surface area (Å²) in [5.74, 6) is 6.23. The van der Waals surface area contributed by atoms with Gasteiger partial charge in [-0.1, -0.05) is 34.8 Å². The Balaban J connectivity index is 1.65. The van der Waals surface area contributed by atoms with Crippen molar-refractivity contribution in [1.29, 1.82) is 0 Å². The molecular formula is C17H12ClN7O. The van der Waals surface area contributed by atoms with Crippen LogP contribution in [-0.4, -0.2) is 42.3 Å². The number of aromatic amines is 1. The molecule has 0 atom stereocenters. The normalized spacial score (nSPS) is 10.6. The second-order valence-electron chi connectivity index (χ2n) is 5.37. The lowest BCUT2D eigenvalue weighted by Gasteiger charge is -2.03. The molecule has 1 aromatic carbocycles. The van der Waals surface area contributed by atoms with Crippen LogP contribution in [0.5, 0.6) is 6.01 Å². The van der Waals surface area contributed by atoms with Crippen molar-refractivity contribution in [2.75, 3.05) is 7.11 Å². The highest BCUT2D eigenvalue weighted by Gasteiger charge is 2.11. The van der Waals surface area contributed by atoms with Crippen molar-refractivity contribution in [3.63, 3.8) is 0 Å². The molecule has 4 aromatic rings. The average molecular weight is 366 g/mol. The molecule has 0 aliphatic rings. The highest BCUT2D eigenvalue weighted by molar-refractivity contribution is 6.33. The Morgan fingerprint density at radius 3 is 2.65 bits per heavy atom. The number of hydrogen-bond acceptors (Lipinski definition) is 6. The maximum Gasteiger partial charge on any atom is 0.295 e. The Morgan fingerprint density at radius 1 is 1.15 bits per heavy atom. The van der Waals surface area contributed by atoms with Crippen LogP contribution in [0.1, 0.15) is 11.4 Å². The highest BCUT2D eigenvalue weighted by atomic mass is 35.5. The molecule has 0 saturated carbocycles. The zero-order valence-corrected chi connectivity index (χ0v) is 14.6. The van der Waals surface area contributed by atoms with E-state index >= 15 is 0 Å². The van der Waals surface area contributed by atoms with E-state index in [0.717, 1.165) is 16.6 Å². The van der Waals surface area contributed by atoms with Crippen molar-refractivity contribution in [2.45, 2.75) is 0 Å². The third kappa shape index (κ3) is 3.08. The van der Waals surface area contributed by atoms with E-state index in [1.165, 1.54) is 11.9 Å². The number of methoxy groups -OCH3 is 1. The first-order valence-corrected chi connectivity index (χ1v) is 7.97. The fraction of sp³-hybridized carbons (Fsp3) is 0.118. The topological polar surface area (TPSA) is 94.4 Å². The SMILES string of the molecule is COc1nc2nc(-c3ccc(C#Cc4nnn(C)n4)cc3)c(Cl)cc2[nH]1. The zero-order chi connectivity index (χ0) is 18.1. The van der Waals surface area contributed by atoms with Crippen LogP contribution in [-0.2, 0) is 7.05 Å². The molecule has 0 saturated heterocycles. The summed E-state index contributed by atoms with van der Waals surface area (Å²) in [5, 5.41) is 12.1. The minimum absolute atomic E-state index is 0.374. The molecule has 0 radical (unpaired) electrons. The number of imidazole rings is 1. The summed E-state index contributed by atoms with van der Waals surface area (Å²) in [5.41, 5.74) is 3.58. The summed E-state index contributed by atoms with van der Waals surface area (Å²) in [6.07, 6.45) is 0. The monoisotopic (exact) mass is 365 g/mol. The molecule has 0 spiro atoms. The number of hydrogen-bond donors (Lipinski definition) is 1. The molecule has 0 amide bonds. The predicted octanol–water partition coefficient (Wildman–Crippen LogP) is 2.21. The first-order valence-electron chi connectivity index (χ1n) is 7.59. The van der Waals surface area contributed by atoms with Crippen LogP contribution in [0.2, 0.25) is 5.02 Å². The van der Waals surface area contributed by atoms with Crippen molar-refractivity contribution in [3.8, 4) is 29.1 Å². The average Bonchev–Trinajstić information content (AvgIpc) is 3.25. The van der Waals surface area contributed by atoms with E-state index in [0.29, 0.717) is 28.2 Å². The Labute approximate surface area is 153 Å². The van der Waals surface area contributed by atoms with Gasteiger partial charge in [0.1, 0.15) is 0 Å². The molecule has 9 heteroatoms. The van der Waals surface area contributed by atoms with Gasteiger partial charge in [0.15, 0.2) is 5.65 Å². The molecule has 128 valence electrons. The van der Waals surface area contributed by atoms with E-state index in [1.807, 2.05) is 24.3 Å². The molecule has 0 fully saturated rings. The molecule has 0 unspecified atom stereocenters. The van der Waals surface area contributed by atoms with Crippen LogP contribution in [0, 0.1) is 11.8 Å². The third-order valence-corrected chi connectivity index (χ3v) is 3.87. The molecule has 4 rings (SSSR count). The second kappa shape index (κ2) is 6.46. The number of benzene rings is 1. The molecule has 8 nitrogen and oxygen atoms in total. The smallest absolute Gasteiger partial charge is 0.295 e. The Kier molecular flexibility index (Phi) is 3.99. The lowest BCUT2D eigenvalue weighted by molar-refractivity contribution is 0.386. The fourth-order valence-electron chi connectivity index (χ4n) is 2.37. The van der Waals surface area contributed by atoms with E-state index in [1.54, 1.807) is 13.1 Å². The number of ether oxygens (including phenoxy) is 1.